The Morgan fingerprint density at radius 1 is 0.879 bits per heavy atom. The van der Waals surface area contributed by atoms with E-state index in [1.807, 2.05) is 53.2 Å². The fourth-order valence-corrected chi connectivity index (χ4v) is 4.59. The Hall–Kier alpha value is -4.26. The van der Waals surface area contributed by atoms with E-state index in [0.717, 1.165) is 45.2 Å². The number of methoxy groups -OCH3 is 2. The van der Waals surface area contributed by atoms with Crippen molar-refractivity contribution in [3.8, 4) is 17.2 Å². The van der Waals surface area contributed by atoms with Gasteiger partial charge in [0.15, 0.2) is 0 Å². The third-order valence-corrected chi connectivity index (χ3v) is 6.15. The van der Waals surface area contributed by atoms with Crippen LogP contribution in [0.1, 0.15) is 28.8 Å². The van der Waals surface area contributed by atoms with Crippen LogP contribution in [0.5, 0.6) is 17.2 Å². The minimum absolute atomic E-state index is 0.214. The van der Waals surface area contributed by atoms with Gasteiger partial charge in [0.2, 0.25) is 5.95 Å². The van der Waals surface area contributed by atoms with E-state index in [2.05, 4.69) is 39.7 Å². The van der Waals surface area contributed by atoms with E-state index in [-0.39, 0.29) is 12.1 Å². The van der Waals surface area contributed by atoms with Crippen LogP contribution in [-0.4, -0.2) is 29.0 Å². The number of anilines is 1. The van der Waals surface area contributed by atoms with Gasteiger partial charge in [-0.15, -0.1) is 0 Å². The predicted molar refractivity (Wildman–Crippen MR) is 125 cm³/mol. The minimum Gasteiger partial charge on any atom is -0.497 e. The van der Waals surface area contributed by atoms with Crippen LogP contribution in [-0.2, 0) is 0 Å². The summed E-state index contributed by atoms with van der Waals surface area (Å²) < 4.78 is 19.4. The van der Waals surface area contributed by atoms with Crippen LogP contribution < -0.4 is 19.5 Å². The quantitative estimate of drug-likeness (QED) is 0.491. The molecule has 0 spiro atoms. The molecule has 0 radical (unpaired) electrons. The van der Waals surface area contributed by atoms with Gasteiger partial charge in [-0.25, -0.2) is 4.68 Å². The Balaban J connectivity index is 1.61. The van der Waals surface area contributed by atoms with Crippen molar-refractivity contribution in [2.75, 3.05) is 19.5 Å². The zero-order valence-corrected chi connectivity index (χ0v) is 18.2. The van der Waals surface area contributed by atoms with Crippen LogP contribution in [0, 0.1) is 0 Å². The molecule has 2 aliphatic rings. The molecular formula is C26H22N4O3. The second-order valence-corrected chi connectivity index (χ2v) is 7.93. The van der Waals surface area contributed by atoms with Crippen LogP contribution in [0.3, 0.4) is 0 Å². The molecule has 7 heteroatoms. The highest BCUT2D eigenvalue weighted by Crippen LogP contribution is 2.51. The normalized spacial score (nSPS) is 18.4. The van der Waals surface area contributed by atoms with Crippen molar-refractivity contribution < 1.29 is 14.2 Å². The highest BCUT2D eigenvalue weighted by Gasteiger charge is 2.41. The van der Waals surface area contributed by atoms with Gasteiger partial charge < -0.3 is 19.5 Å². The van der Waals surface area contributed by atoms with Gasteiger partial charge >= 0.3 is 0 Å². The predicted octanol–water partition coefficient (Wildman–Crippen LogP) is 4.86. The van der Waals surface area contributed by atoms with E-state index >= 15 is 0 Å². The van der Waals surface area contributed by atoms with Gasteiger partial charge in [0.1, 0.15) is 35.7 Å². The molecule has 0 bridgehead atoms. The fraction of sp³-hybridized carbons (Fsp3) is 0.154. The maximum atomic E-state index is 6.64. The average molecular weight is 438 g/mol. The van der Waals surface area contributed by atoms with Gasteiger partial charge in [0, 0.05) is 11.1 Å². The topological polar surface area (TPSA) is 70.4 Å². The van der Waals surface area contributed by atoms with E-state index in [4.69, 9.17) is 14.2 Å². The van der Waals surface area contributed by atoms with Crippen molar-refractivity contribution in [1.29, 1.82) is 0 Å². The minimum atomic E-state index is -0.306. The third-order valence-electron chi connectivity index (χ3n) is 6.15. The largest absolute Gasteiger partial charge is 0.497 e. The number of nitrogens with zero attached hydrogens (tertiary/aromatic N) is 3. The lowest BCUT2D eigenvalue weighted by molar-refractivity contribution is 0.222. The van der Waals surface area contributed by atoms with E-state index in [1.165, 1.54) is 0 Å². The van der Waals surface area contributed by atoms with E-state index in [1.54, 1.807) is 20.5 Å². The zero-order chi connectivity index (χ0) is 22.4. The maximum absolute atomic E-state index is 6.64. The molecule has 2 atom stereocenters. The van der Waals surface area contributed by atoms with Crippen molar-refractivity contribution >= 4 is 11.6 Å². The number of ether oxygens (including phenoxy) is 3. The monoisotopic (exact) mass is 438 g/mol. The Bertz CT molecular complexity index is 1350. The summed E-state index contributed by atoms with van der Waals surface area (Å²) in [5, 5.41) is 8.08. The van der Waals surface area contributed by atoms with Crippen molar-refractivity contribution in [2.45, 2.75) is 12.1 Å². The SMILES string of the molecule is COc1ccc([C@@H]2C3=C(Nc4ncnn42)c2cc(OC)ccc2O[C@H]3c2ccccc2)cc1. The molecule has 7 nitrogen and oxygen atoms in total. The summed E-state index contributed by atoms with van der Waals surface area (Å²) in [5.41, 5.74) is 5.09. The molecule has 0 amide bonds. The highest BCUT2D eigenvalue weighted by molar-refractivity contribution is 5.85. The van der Waals surface area contributed by atoms with Crippen LogP contribution in [0.15, 0.2) is 84.7 Å². The van der Waals surface area contributed by atoms with Crippen LogP contribution in [0.2, 0.25) is 0 Å². The third kappa shape index (κ3) is 3.12. The average Bonchev–Trinajstić information content (AvgIpc) is 3.35. The van der Waals surface area contributed by atoms with Crippen molar-refractivity contribution in [2.24, 2.45) is 0 Å². The summed E-state index contributed by atoms with van der Waals surface area (Å²) in [7, 11) is 3.33. The first-order valence-electron chi connectivity index (χ1n) is 10.7. The maximum Gasteiger partial charge on any atom is 0.226 e. The first kappa shape index (κ1) is 19.4. The summed E-state index contributed by atoms with van der Waals surface area (Å²) in [6.45, 7) is 0. The standard InChI is InChI=1S/C26H22N4O3/c1-31-18-10-8-16(9-11-18)24-22-23(29-26-27-15-28-30(24)26)20-14-19(32-2)12-13-21(20)33-25(22)17-6-4-3-5-7-17/h3-15,24-25H,1-2H3,(H,27,28,29)/t24-,25+/m1/s1. The first-order valence-corrected chi connectivity index (χ1v) is 10.7. The number of hydrogen-bond donors (Lipinski definition) is 1. The number of fused-ring (bicyclic) bond motifs is 3. The molecule has 0 saturated carbocycles. The van der Waals surface area contributed by atoms with Crippen molar-refractivity contribution in [3.63, 3.8) is 0 Å². The summed E-state index contributed by atoms with van der Waals surface area (Å²) >= 11 is 0. The molecule has 4 aromatic rings. The number of rotatable bonds is 4. The molecule has 0 fully saturated rings. The lowest BCUT2D eigenvalue weighted by atomic mass is 9.84. The van der Waals surface area contributed by atoms with Gasteiger partial charge in [-0.2, -0.15) is 10.1 Å². The lowest BCUT2D eigenvalue weighted by Gasteiger charge is -2.39. The molecular weight excluding hydrogens is 416 g/mol. The van der Waals surface area contributed by atoms with Crippen molar-refractivity contribution in [3.05, 3.63) is 101 Å². The summed E-state index contributed by atoms with van der Waals surface area (Å²) in [4.78, 5) is 4.48. The zero-order valence-electron chi connectivity index (χ0n) is 18.2. The lowest BCUT2D eigenvalue weighted by Crippen LogP contribution is -2.32. The van der Waals surface area contributed by atoms with E-state index in [9.17, 15) is 0 Å². The Morgan fingerprint density at radius 3 is 2.39 bits per heavy atom. The summed E-state index contributed by atoms with van der Waals surface area (Å²) in [5.74, 6) is 3.03. The van der Waals surface area contributed by atoms with Crippen LogP contribution in [0.25, 0.3) is 5.70 Å². The Morgan fingerprint density at radius 2 is 1.64 bits per heavy atom. The van der Waals surface area contributed by atoms with E-state index < -0.39 is 0 Å². The summed E-state index contributed by atoms with van der Waals surface area (Å²) in [6.07, 6.45) is 1.27. The van der Waals surface area contributed by atoms with Crippen molar-refractivity contribution in [1.82, 2.24) is 14.8 Å². The summed E-state index contributed by atoms with van der Waals surface area (Å²) in [6, 6.07) is 24.0. The highest BCUT2D eigenvalue weighted by atomic mass is 16.5. The molecule has 0 unspecified atom stereocenters. The fourth-order valence-electron chi connectivity index (χ4n) is 4.59. The second-order valence-electron chi connectivity index (χ2n) is 7.93. The number of hydrogen-bond acceptors (Lipinski definition) is 6. The van der Waals surface area contributed by atoms with Gasteiger partial charge in [0.05, 0.1) is 19.9 Å². The smallest absolute Gasteiger partial charge is 0.226 e. The molecule has 0 aliphatic carbocycles. The molecule has 2 aliphatic heterocycles. The Labute approximate surface area is 191 Å². The van der Waals surface area contributed by atoms with Crippen LogP contribution in [0.4, 0.5) is 5.95 Å². The second kappa shape index (κ2) is 7.70. The van der Waals surface area contributed by atoms with Crippen LogP contribution >= 0.6 is 0 Å². The van der Waals surface area contributed by atoms with E-state index in [0.29, 0.717) is 5.95 Å². The number of nitrogens with one attached hydrogen (secondary N) is 1. The molecule has 3 aromatic carbocycles. The first-order chi connectivity index (χ1) is 16.3. The molecule has 33 heavy (non-hydrogen) atoms. The molecule has 3 heterocycles. The van der Waals surface area contributed by atoms with Gasteiger partial charge in [-0.1, -0.05) is 42.5 Å². The van der Waals surface area contributed by atoms with Gasteiger partial charge in [-0.3, -0.25) is 0 Å². The molecule has 1 aromatic heterocycles. The van der Waals surface area contributed by atoms with Gasteiger partial charge in [-0.05, 0) is 41.5 Å². The molecule has 6 rings (SSSR count). The number of benzene rings is 3. The molecule has 1 N–H and O–H groups in total. The number of aromatic nitrogens is 3. The molecule has 0 saturated heterocycles. The molecule has 164 valence electrons. The Kier molecular flexibility index (Phi) is 4.54. The van der Waals surface area contributed by atoms with Gasteiger partial charge in [0.25, 0.3) is 0 Å².